The number of benzene rings is 2. The Balaban J connectivity index is 2.37. The van der Waals surface area contributed by atoms with Crippen LogP contribution in [-0.2, 0) is 35.0 Å². The quantitative estimate of drug-likeness (QED) is 0.232. The van der Waals surface area contributed by atoms with E-state index in [9.17, 15) is 14.4 Å². The third-order valence-electron chi connectivity index (χ3n) is 4.78. The van der Waals surface area contributed by atoms with Gasteiger partial charge in [-0.15, -0.1) is 0 Å². The van der Waals surface area contributed by atoms with Crippen LogP contribution in [0, 0.1) is 24.7 Å². The van der Waals surface area contributed by atoms with Crippen LogP contribution in [0.2, 0.25) is 0 Å². The van der Waals surface area contributed by atoms with Crippen molar-refractivity contribution >= 4 is 18.1 Å². The van der Waals surface area contributed by atoms with Gasteiger partial charge >= 0.3 is 18.1 Å². The van der Waals surface area contributed by atoms with Crippen molar-refractivity contribution in [3.8, 4) is 11.8 Å². The number of esters is 2. The molecule has 0 aromatic heterocycles. The molecule has 2 aromatic rings. The fraction of sp³-hybridized carbons (Fsp3) is 0.370. The molecule has 0 fully saturated rings. The topological polar surface area (TPSA) is 88.1 Å². The third-order valence-corrected chi connectivity index (χ3v) is 4.78. The average molecular weight is 467 g/mol. The van der Waals surface area contributed by atoms with Gasteiger partial charge in [-0.1, -0.05) is 53.9 Å². The van der Waals surface area contributed by atoms with Crippen LogP contribution < -0.4 is 0 Å². The predicted molar refractivity (Wildman–Crippen MR) is 126 cm³/mol. The molecule has 1 unspecified atom stereocenters. The molecule has 0 bridgehead atoms. The van der Waals surface area contributed by atoms with Gasteiger partial charge in [-0.05, 0) is 51.7 Å². The third kappa shape index (κ3) is 7.96. The largest absolute Gasteiger partial charge is 0.509 e. The summed E-state index contributed by atoms with van der Waals surface area (Å²) < 4.78 is 20.5. The number of rotatable bonds is 9. The fourth-order valence-electron chi connectivity index (χ4n) is 3.10. The lowest BCUT2D eigenvalue weighted by atomic mass is 9.95. The van der Waals surface area contributed by atoms with Crippen LogP contribution in [-0.4, -0.2) is 37.9 Å². The van der Waals surface area contributed by atoms with E-state index < -0.39 is 30.1 Å². The van der Waals surface area contributed by atoms with Crippen molar-refractivity contribution in [2.45, 2.75) is 40.2 Å². The lowest BCUT2D eigenvalue weighted by molar-refractivity contribution is -0.161. The summed E-state index contributed by atoms with van der Waals surface area (Å²) in [5.74, 6) is 3.61. The van der Waals surface area contributed by atoms with E-state index in [2.05, 4.69) is 11.8 Å². The summed E-state index contributed by atoms with van der Waals surface area (Å²) in [5.41, 5.74) is 3.01. The van der Waals surface area contributed by atoms with Crippen molar-refractivity contribution in [1.29, 1.82) is 0 Å². The molecular weight excluding hydrogens is 436 g/mol. The Labute approximate surface area is 200 Å². The maximum Gasteiger partial charge on any atom is 0.509 e. The van der Waals surface area contributed by atoms with Gasteiger partial charge in [0.2, 0.25) is 0 Å². The van der Waals surface area contributed by atoms with Gasteiger partial charge in [0.1, 0.15) is 0 Å². The predicted octanol–water partition coefficient (Wildman–Crippen LogP) is 4.55. The highest BCUT2D eigenvalue weighted by Gasteiger charge is 2.30. The minimum Gasteiger partial charge on any atom is -0.465 e. The summed E-state index contributed by atoms with van der Waals surface area (Å²) in [6.45, 7) is 7.48. The Morgan fingerprint density at radius 1 is 0.824 bits per heavy atom. The second-order valence-corrected chi connectivity index (χ2v) is 7.28. The SMILES string of the molecule is CCOC(=O)OC(C#Cc1ccccc1CC(C(=O)OCC)C(=O)OCC)c1ccc(C)cc1. The molecule has 2 rings (SSSR count). The summed E-state index contributed by atoms with van der Waals surface area (Å²) in [7, 11) is 0. The molecule has 0 saturated heterocycles. The number of carbonyl (C=O) groups is 3. The molecule has 7 nitrogen and oxygen atoms in total. The normalized spacial score (nSPS) is 11.1. The van der Waals surface area contributed by atoms with E-state index in [1.807, 2.05) is 31.2 Å². The number of aryl methyl sites for hydroxylation is 1. The summed E-state index contributed by atoms with van der Waals surface area (Å²) in [6.07, 6.45) is -1.62. The van der Waals surface area contributed by atoms with Gasteiger partial charge in [0, 0.05) is 11.1 Å². The summed E-state index contributed by atoms with van der Waals surface area (Å²) in [4.78, 5) is 36.8. The number of hydrogen-bond donors (Lipinski definition) is 0. The van der Waals surface area contributed by atoms with Crippen molar-refractivity contribution < 1.29 is 33.3 Å². The molecule has 0 amide bonds. The first-order valence-electron chi connectivity index (χ1n) is 11.2. The van der Waals surface area contributed by atoms with Crippen LogP contribution in [0.25, 0.3) is 0 Å². The first-order valence-corrected chi connectivity index (χ1v) is 11.2. The maximum absolute atomic E-state index is 12.4. The minimum absolute atomic E-state index is 0.0659. The molecule has 1 atom stereocenters. The summed E-state index contributed by atoms with van der Waals surface area (Å²) in [6, 6.07) is 14.6. The zero-order valence-corrected chi connectivity index (χ0v) is 20.0. The zero-order valence-electron chi connectivity index (χ0n) is 20.0. The molecule has 0 saturated carbocycles. The molecule has 180 valence electrons. The first kappa shape index (κ1) is 26.5. The highest BCUT2D eigenvalue weighted by atomic mass is 16.7. The maximum atomic E-state index is 12.4. The van der Waals surface area contributed by atoms with E-state index in [-0.39, 0.29) is 26.2 Å². The van der Waals surface area contributed by atoms with Crippen molar-refractivity contribution in [3.05, 3.63) is 70.8 Å². The molecule has 0 spiro atoms. The number of ether oxygens (including phenoxy) is 4. The number of hydrogen-bond acceptors (Lipinski definition) is 7. The van der Waals surface area contributed by atoms with Crippen LogP contribution in [0.1, 0.15) is 49.1 Å². The molecule has 0 N–H and O–H groups in total. The van der Waals surface area contributed by atoms with E-state index in [4.69, 9.17) is 18.9 Å². The van der Waals surface area contributed by atoms with Crippen LogP contribution >= 0.6 is 0 Å². The van der Waals surface area contributed by atoms with E-state index >= 15 is 0 Å². The highest BCUT2D eigenvalue weighted by molar-refractivity contribution is 5.95. The Morgan fingerprint density at radius 2 is 1.41 bits per heavy atom. The van der Waals surface area contributed by atoms with Gasteiger partial charge in [0.25, 0.3) is 0 Å². The lowest BCUT2D eigenvalue weighted by Crippen LogP contribution is -2.30. The Morgan fingerprint density at radius 3 is 2.00 bits per heavy atom. The van der Waals surface area contributed by atoms with Gasteiger partial charge < -0.3 is 18.9 Å². The molecular formula is C27H30O7. The van der Waals surface area contributed by atoms with Crippen molar-refractivity contribution in [1.82, 2.24) is 0 Å². The minimum atomic E-state index is -1.11. The summed E-state index contributed by atoms with van der Waals surface area (Å²) in [5, 5.41) is 0. The fourth-order valence-corrected chi connectivity index (χ4v) is 3.10. The second kappa shape index (κ2) is 13.7. The van der Waals surface area contributed by atoms with Gasteiger partial charge in [0.05, 0.1) is 19.8 Å². The lowest BCUT2D eigenvalue weighted by Gasteiger charge is -2.15. The Hall–Kier alpha value is -3.79. The standard InChI is InChI=1S/C27H30O7/c1-5-31-25(28)23(26(29)32-6-2)18-22-11-9-8-10-20(22)16-17-24(34-27(30)33-7-3)21-14-12-19(4)13-15-21/h8-15,23-24H,5-7,18H2,1-4H3. The molecule has 0 radical (unpaired) electrons. The second-order valence-electron chi connectivity index (χ2n) is 7.28. The molecule has 0 aliphatic rings. The smallest absolute Gasteiger partial charge is 0.465 e. The van der Waals surface area contributed by atoms with Gasteiger partial charge in [-0.2, -0.15) is 0 Å². The molecule has 34 heavy (non-hydrogen) atoms. The van der Waals surface area contributed by atoms with Crippen LogP contribution in [0.3, 0.4) is 0 Å². The number of carbonyl (C=O) groups excluding carboxylic acids is 3. The zero-order chi connectivity index (χ0) is 24.9. The van der Waals surface area contributed by atoms with Crippen LogP contribution in [0.4, 0.5) is 4.79 Å². The monoisotopic (exact) mass is 466 g/mol. The van der Waals surface area contributed by atoms with Crippen molar-refractivity contribution in [2.75, 3.05) is 19.8 Å². The summed E-state index contributed by atoms with van der Waals surface area (Å²) >= 11 is 0. The first-order chi connectivity index (χ1) is 16.4. The van der Waals surface area contributed by atoms with Gasteiger partial charge in [0.15, 0.2) is 12.0 Å². The van der Waals surface area contributed by atoms with Gasteiger partial charge in [-0.3, -0.25) is 9.59 Å². The Kier molecular flexibility index (Phi) is 10.7. The molecule has 0 aliphatic carbocycles. The van der Waals surface area contributed by atoms with Gasteiger partial charge in [-0.25, -0.2) is 4.79 Å². The van der Waals surface area contributed by atoms with E-state index in [0.29, 0.717) is 16.7 Å². The van der Waals surface area contributed by atoms with Crippen molar-refractivity contribution in [3.63, 3.8) is 0 Å². The van der Waals surface area contributed by atoms with Crippen LogP contribution in [0.5, 0.6) is 0 Å². The van der Waals surface area contributed by atoms with E-state index in [0.717, 1.165) is 5.56 Å². The molecule has 0 aliphatic heterocycles. The highest BCUT2D eigenvalue weighted by Crippen LogP contribution is 2.20. The van der Waals surface area contributed by atoms with Crippen molar-refractivity contribution in [2.24, 2.45) is 5.92 Å². The van der Waals surface area contributed by atoms with E-state index in [1.165, 1.54) is 0 Å². The van der Waals surface area contributed by atoms with E-state index in [1.54, 1.807) is 45.0 Å². The Bertz CT molecular complexity index is 1010. The molecule has 2 aromatic carbocycles. The molecule has 7 heteroatoms. The molecule has 0 heterocycles. The van der Waals surface area contributed by atoms with Crippen LogP contribution in [0.15, 0.2) is 48.5 Å². The average Bonchev–Trinajstić information content (AvgIpc) is 2.81.